The monoisotopic (exact) mass is 389 g/mol. The molecule has 1 N–H and O–H groups in total. The Morgan fingerprint density at radius 2 is 1.70 bits per heavy atom. The molecule has 0 saturated heterocycles. The first-order valence-corrected chi connectivity index (χ1v) is 7.28. The number of rotatable bonds is 3. The number of hydrogen-bond acceptors (Lipinski definition) is 5. The van der Waals surface area contributed by atoms with Crippen LogP contribution >= 0.6 is 0 Å². The average Bonchev–Trinajstić information content (AvgIpc) is 2.58. The van der Waals surface area contributed by atoms with Gasteiger partial charge in [-0.15, -0.1) is 0 Å². The molecule has 142 valence electrons. The maximum Gasteiger partial charge on any atom is 0.416 e. The Morgan fingerprint density at radius 3 is 2.30 bits per heavy atom. The first-order valence-electron chi connectivity index (χ1n) is 7.28. The van der Waals surface area contributed by atoms with E-state index >= 15 is 0 Å². The van der Waals surface area contributed by atoms with Crippen molar-refractivity contribution >= 4 is 16.7 Å². The van der Waals surface area contributed by atoms with Crippen LogP contribution in [0.25, 0.3) is 16.9 Å². The average molecular weight is 389 g/mol. The van der Waals surface area contributed by atoms with Gasteiger partial charge in [-0.05, 0) is 24.3 Å². The second-order valence-corrected chi connectivity index (χ2v) is 5.33. The fourth-order valence-electron chi connectivity index (χ4n) is 2.32. The standard InChI is InChI=1S/C15H9F6N5O/c16-14(17,18)7-24-11-9-3-2-8(15(19,20)21)6-10(9)26(13(27)25-11)12-22-4-1-5-23-12/h1-6H,7H2,(H,24,25,27). The molecule has 0 unspecified atom stereocenters. The molecule has 3 aromatic rings. The summed E-state index contributed by atoms with van der Waals surface area (Å²) in [5.41, 5.74) is -2.55. The van der Waals surface area contributed by atoms with Gasteiger partial charge in [0.25, 0.3) is 0 Å². The van der Waals surface area contributed by atoms with Gasteiger partial charge >= 0.3 is 18.0 Å². The van der Waals surface area contributed by atoms with Crippen LogP contribution in [-0.2, 0) is 6.18 Å². The molecule has 0 saturated carbocycles. The fourth-order valence-corrected chi connectivity index (χ4v) is 2.32. The minimum Gasteiger partial charge on any atom is -0.360 e. The quantitative estimate of drug-likeness (QED) is 0.697. The van der Waals surface area contributed by atoms with Crippen molar-refractivity contribution in [3.63, 3.8) is 0 Å². The number of halogens is 6. The lowest BCUT2D eigenvalue weighted by molar-refractivity contribution is -0.137. The van der Waals surface area contributed by atoms with E-state index in [2.05, 4.69) is 15.0 Å². The zero-order chi connectivity index (χ0) is 19.8. The number of aromatic nitrogens is 4. The van der Waals surface area contributed by atoms with Crippen LogP contribution in [0, 0.1) is 0 Å². The summed E-state index contributed by atoms with van der Waals surface area (Å²) in [7, 11) is 0. The van der Waals surface area contributed by atoms with E-state index < -0.39 is 36.0 Å². The summed E-state index contributed by atoms with van der Waals surface area (Å²) >= 11 is 0. The summed E-state index contributed by atoms with van der Waals surface area (Å²) in [5, 5.41) is 1.81. The first-order chi connectivity index (χ1) is 12.6. The maximum atomic E-state index is 13.1. The van der Waals surface area contributed by atoms with Crippen molar-refractivity contribution in [1.82, 2.24) is 19.5 Å². The zero-order valence-electron chi connectivity index (χ0n) is 13.1. The minimum atomic E-state index is -4.73. The van der Waals surface area contributed by atoms with Gasteiger partial charge in [0.2, 0.25) is 5.95 Å². The lowest BCUT2D eigenvalue weighted by Crippen LogP contribution is -2.28. The molecule has 27 heavy (non-hydrogen) atoms. The fraction of sp³-hybridized carbons (Fsp3) is 0.200. The Morgan fingerprint density at radius 1 is 1.04 bits per heavy atom. The number of hydrogen-bond donors (Lipinski definition) is 1. The molecule has 0 aliphatic carbocycles. The van der Waals surface area contributed by atoms with Crippen LogP contribution in [0.4, 0.5) is 32.2 Å². The van der Waals surface area contributed by atoms with Crippen LogP contribution < -0.4 is 11.0 Å². The first kappa shape index (κ1) is 18.6. The van der Waals surface area contributed by atoms with E-state index in [-0.39, 0.29) is 16.9 Å². The Hall–Kier alpha value is -3.18. The molecule has 0 spiro atoms. The number of anilines is 1. The molecular weight excluding hydrogens is 380 g/mol. The summed E-state index contributed by atoms with van der Waals surface area (Å²) in [6.45, 7) is -1.51. The molecule has 2 heterocycles. The van der Waals surface area contributed by atoms with Crippen molar-refractivity contribution in [1.29, 1.82) is 0 Å². The Kier molecular flexibility index (Phi) is 4.49. The Labute approximate surface area is 146 Å². The van der Waals surface area contributed by atoms with Crippen molar-refractivity contribution in [3.8, 4) is 5.95 Å². The summed E-state index contributed by atoms with van der Waals surface area (Å²) in [6, 6.07) is 3.67. The molecule has 0 radical (unpaired) electrons. The van der Waals surface area contributed by atoms with Gasteiger partial charge in [-0.1, -0.05) is 0 Å². The van der Waals surface area contributed by atoms with Gasteiger partial charge < -0.3 is 5.32 Å². The third kappa shape index (κ3) is 3.99. The topological polar surface area (TPSA) is 72.7 Å². The Bertz CT molecular complexity index is 1030. The van der Waals surface area contributed by atoms with Crippen LogP contribution in [0.1, 0.15) is 5.56 Å². The van der Waals surface area contributed by atoms with E-state index in [1.807, 2.05) is 5.32 Å². The normalized spacial score (nSPS) is 12.4. The van der Waals surface area contributed by atoms with Crippen LogP contribution in [0.5, 0.6) is 0 Å². The summed E-state index contributed by atoms with van der Waals surface area (Å²) in [4.78, 5) is 23.4. The number of alkyl halides is 6. The van der Waals surface area contributed by atoms with Gasteiger partial charge in [-0.25, -0.2) is 19.3 Å². The van der Waals surface area contributed by atoms with Crippen molar-refractivity contribution in [2.75, 3.05) is 11.9 Å². The second-order valence-electron chi connectivity index (χ2n) is 5.33. The molecule has 0 fully saturated rings. The van der Waals surface area contributed by atoms with Crippen molar-refractivity contribution in [2.24, 2.45) is 0 Å². The van der Waals surface area contributed by atoms with E-state index in [9.17, 15) is 31.1 Å². The number of nitrogens with one attached hydrogen (secondary N) is 1. The van der Waals surface area contributed by atoms with Crippen molar-refractivity contribution in [3.05, 3.63) is 52.7 Å². The van der Waals surface area contributed by atoms with Gasteiger partial charge in [0.15, 0.2) is 0 Å². The largest absolute Gasteiger partial charge is 0.416 e. The molecule has 3 rings (SSSR count). The zero-order valence-corrected chi connectivity index (χ0v) is 13.1. The molecule has 1 aromatic carbocycles. The predicted octanol–water partition coefficient (Wildman–Crippen LogP) is 3.17. The highest BCUT2D eigenvalue weighted by Crippen LogP contribution is 2.33. The van der Waals surface area contributed by atoms with Crippen LogP contribution in [-0.4, -0.2) is 32.2 Å². The van der Waals surface area contributed by atoms with E-state index in [4.69, 9.17) is 0 Å². The molecule has 0 amide bonds. The summed E-state index contributed by atoms with van der Waals surface area (Å²) in [5.74, 6) is -0.755. The highest BCUT2D eigenvalue weighted by Gasteiger charge is 2.32. The second kappa shape index (κ2) is 6.52. The minimum absolute atomic E-state index is 0.126. The third-order valence-electron chi connectivity index (χ3n) is 3.43. The number of nitrogens with zero attached hydrogens (tertiary/aromatic N) is 4. The molecular formula is C15H9F6N5O. The third-order valence-corrected chi connectivity index (χ3v) is 3.43. The number of benzene rings is 1. The smallest absolute Gasteiger partial charge is 0.360 e. The highest BCUT2D eigenvalue weighted by atomic mass is 19.4. The van der Waals surface area contributed by atoms with Crippen LogP contribution in [0.2, 0.25) is 0 Å². The van der Waals surface area contributed by atoms with E-state index in [0.29, 0.717) is 16.7 Å². The van der Waals surface area contributed by atoms with E-state index in [1.54, 1.807) is 0 Å². The van der Waals surface area contributed by atoms with E-state index in [0.717, 1.165) is 6.07 Å². The van der Waals surface area contributed by atoms with Crippen molar-refractivity contribution in [2.45, 2.75) is 12.4 Å². The molecule has 12 heteroatoms. The van der Waals surface area contributed by atoms with Gasteiger partial charge in [-0.3, -0.25) is 0 Å². The molecule has 0 aliphatic rings. The van der Waals surface area contributed by atoms with Gasteiger partial charge in [0.05, 0.1) is 11.1 Å². The van der Waals surface area contributed by atoms with Gasteiger partial charge in [0.1, 0.15) is 12.4 Å². The predicted molar refractivity (Wildman–Crippen MR) is 82.5 cm³/mol. The van der Waals surface area contributed by atoms with Crippen molar-refractivity contribution < 1.29 is 26.3 Å². The highest BCUT2D eigenvalue weighted by molar-refractivity contribution is 5.90. The molecule has 0 atom stereocenters. The number of fused-ring (bicyclic) bond motifs is 1. The van der Waals surface area contributed by atoms with Gasteiger partial charge in [-0.2, -0.15) is 31.3 Å². The summed E-state index contributed by atoms with van der Waals surface area (Å²) in [6.07, 6.45) is -6.83. The Balaban J connectivity index is 2.28. The summed E-state index contributed by atoms with van der Waals surface area (Å²) < 4.78 is 77.3. The van der Waals surface area contributed by atoms with Gasteiger partial charge in [0, 0.05) is 17.8 Å². The lowest BCUT2D eigenvalue weighted by Gasteiger charge is -2.15. The molecule has 6 nitrogen and oxygen atoms in total. The lowest BCUT2D eigenvalue weighted by atomic mass is 10.1. The molecule has 0 bridgehead atoms. The molecule has 2 aromatic heterocycles. The van der Waals surface area contributed by atoms with E-state index in [1.165, 1.54) is 18.5 Å². The van der Waals surface area contributed by atoms with Crippen LogP contribution in [0.15, 0.2) is 41.5 Å². The SMILES string of the molecule is O=c1nc(NCC(F)(F)F)c2ccc(C(F)(F)F)cc2n1-c1ncccn1. The molecule has 0 aliphatic heterocycles. The maximum absolute atomic E-state index is 13.1. The van der Waals surface area contributed by atoms with Crippen LogP contribution in [0.3, 0.4) is 0 Å².